The van der Waals surface area contributed by atoms with E-state index in [4.69, 9.17) is 9.47 Å². The summed E-state index contributed by atoms with van der Waals surface area (Å²) in [6.07, 6.45) is 5.35. The van der Waals surface area contributed by atoms with Crippen LogP contribution in [0.3, 0.4) is 0 Å². The highest BCUT2D eigenvalue weighted by Gasteiger charge is 2.27. The molecule has 7 nitrogen and oxygen atoms in total. The molecule has 0 N–H and O–H groups in total. The van der Waals surface area contributed by atoms with Crippen molar-refractivity contribution in [3.63, 3.8) is 0 Å². The lowest BCUT2D eigenvalue weighted by molar-refractivity contribution is 0.127. The van der Waals surface area contributed by atoms with Gasteiger partial charge < -0.3 is 14.4 Å². The third kappa shape index (κ3) is 3.36. The highest BCUT2D eigenvalue weighted by molar-refractivity contribution is 5.87. The molecule has 120 valence electrons. The van der Waals surface area contributed by atoms with Gasteiger partial charge in [0.2, 0.25) is 0 Å². The molecule has 2 aliphatic heterocycles. The van der Waals surface area contributed by atoms with E-state index in [9.17, 15) is 4.79 Å². The van der Waals surface area contributed by atoms with E-state index in [0.717, 1.165) is 44.8 Å². The Bertz CT molecular complexity index is 525. The first-order valence-corrected chi connectivity index (χ1v) is 7.75. The largest absolute Gasteiger partial charge is 0.447 e. The number of amides is 1. The predicted molar refractivity (Wildman–Crippen MR) is 81.0 cm³/mol. The summed E-state index contributed by atoms with van der Waals surface area (Å²) in [4.78, 5) is 24.5. The molecule has 0 radical (unpaired) electrons. The third-order valence-electron chi connectivity index (χ3n) is 4.21. The van der Waals surface area contributed by atoms with Crippen molar-refractivity contribution in [2.45, 2.75) is 18.8 Å². The zero-order chi connectivity index (χ0) is 15.4. The van der Waals surface area contributed by atoms with Crippen LogP contribution in [-0.4, -0.2) is 67.5 Å². The fourth-order valence-corrected chi connectivity index (χ4v) is 3.02. The molecule has 1 amide bonds. The number of anilines is 1. The number of aromatic nitrogens is 2. The van der Waals surface area contributed by atoms with E-state index in [1.165, 1.54) is 0 Å². The molecule has 2 saturated heterocycles. The minimum Gasteiger partial charge on any atom is -0.447 e. The Morgan fingerprint density at radius 1 is 1.41 bits per heavy atom. The number of cyclic esters (lactones) is 1. The number of carbonyl (C=O) groups is 1. The second-order valence-corrected chi connectivity index (χ2v) is 5.70. The van der Waals surface area contributed by atoms with Crippen LogP contribution >= 0.6 is 0 Å². The van der Waals surface area contributed by atoms with Crippen LogP contribution in [0.1, 0.15) is 24.5 Å². The van der Waals surface area contributed by atoms with Crippen LogP contribution < -0.4 is 4.90 Å². The standard InChI is InChI=1S/C15H22N4O3/c1-21-7-5-18-4-2-3-12(11-18)13-9-16-10-14(17-13)19-6-8-22-15(19)20/h9-10,12H,2-8,11H2,1H3. The van der Waals surface area contributed by atoms with Gasteiger partial charge in [-0.25, -0.2) is 9.78 Å². The topological polar surface area (TPSA) is 67.8 Å². The van der Waals surface area contributed by atoms with Gasteiger partial charge in [-0.05, 0) is 19.4 Å². The Morgan fingerprint density at radius 2 is 2.32 bits per heavy atom. The van der Waals surface area contributed by atoms with Crippen LogP contribution in [0.5, 0.6) is 0 Å². The van der Waals surface area contributed by atoms with Gasteiger partial charge in [-0.1, -0.05) is 0 Å². The molecule has 3 rings (SSSR count). The number of ether oxygens (including phenoxy) is 2. The van der Waals surface area contributed by atoms with Crippen LogP contribution in [0, 0.1) is 0 Å². The summed E-state index contributed by atoms with van der Waals surface area (Å²) in [5.74, 6) is 0.950. The molecular formula is C15H22N4O3. The van der Waals surface area contributed by atoms with Crippen molar-refractivity contribution in [1.82, 2.24) is 14.9 Å². The molecule has 7 heteroatoms. The molecule has 2 aliphatic rings. The summed E-state index contributed by atoms with van der Waals surface area (Å²) in [6.45, 7) is 4.72. The Kier molecular flexibility index (Phi) is 4.84. The summed E-state index contributed by atoms with van der Waals surface area (Å²) >= 11 is 0. The fraction of sp³-hybridized carbons (Fsp3) is 0.667. The van der Waals surface area contributed by atoms with Gasteiger partial charge in [-0.2, -0.15) is 0 Å². The second-order valence-electron chi connectivity index (χ2n) is 5.70. The number of piperidine rings is 1. The van der Waals surface area contributed by atoms with Gasteiger partial charge in [0.25, 0.3) is 0 Å². The zero-order valence-electron chi connectivity index (χ0n) is 12.9. The molecule has 1 aromatic rings. The SMILES string of the molecule is COCCN1CCCC(c2cncc(N3CCOC3=O)n2)C1. The highest BCUT2D eigenvalue weighted by atomic mass is 16.6. The van der Waals surface area contributed by atoms with E-state index >= 15 is 0 Å². The van der Waals surface area contributed by atoms with E-state index < -0.39 is 0 Å². The van der Waals surface area contributed by atoms with E-state index in [2.05, 4.69) is 14.9 Å². The molecular weight excluding hydrogens is 284 g/mol. The molecule has 0 aromatic carbocycles. The Hall–Kier alpha value is -1.73. The second kappa shape index (κ2) is 7.02. The van der Waals surface area contributed by atoms with Crippen LogP contribution in [0.15, 0.2) is 12.4 Å². The normalized spacial score (nSPS) is 22.9. The number of likely N-dealkylation sites (tertiary alicyclic amines) is 1. The molecule has 1 aromatic heterocycles. The van der Waals surface area contributed by atoms with Gasteiger partial charge in [0, 0.05) is 32.3 Å². The van der Waals surface area contributed by atoms with E-state index in [1.807, 2.05) is 6.20 Å². The number of carbonyl (C=O) groups excluding carboxylic acids is 1. The van der Waals surface area contributed by atoms with Gasteiger partial charge >= 0.3 is 6.09 Å². The molecule has 2 fully saturated rings. The smallest absolute Gasteiger partial charge is 0.415 e. The highest BCUT2D eigenvalue weighted by Crippen LogP contribution is 2.26. The number of rotatable bonds is 5. The van der Waals surface area contributed by atoms with E-state index in [1.54, 1.807) is 18.2 Å². The molecule has 1 unspecified atom stereocenters. The average molecular weight is 306 g/mol. The lowest BCUT2D eigenvalue weighted by atomic mass is 9.95. The molecule has 0 bridgehead atoms. The fourth-order valence-electron chi connectivity index (χ4n) is 3.02. The lowest BCUT2D eigenvalue weighted by Crippen LogP contribution is -2.37. The quantitative estimate of drug-likeness (QED) is 0.816. The molecule has 0 aliphatic carbocycles. The van der Waals surface area contributed by atoms with Crippen LogP contribution in [0.4, 0.5) is 10.6 Å². The van der Waals surface area contributed by atoms with Crippen LogP contribution in [0.25, 0.3) is 0 Å². The van der Waals surface area contributed by atoms with E-state index in [-0.39, 0.29) is 6.09 Å². The molecule has 22 heavy (non-hydrogen) atoms. The maximum Gasteiger partial charge on any atom is 0.415 e. The first-order valence-electron chi connectivity index (χ1n) is 7.75. The summed E-state index contributed by atoms with van der Waals surface area (Å²) < 4.78 is 10.1. The first kappa shape index (κ1) is 15.2. The zero-order valence-corrected chi connectivity index (χ0v) is 12.9. The van der Waals surface area contributed by atoms with Crippen molar-refractivity contribution in [3.8, 4) is 0 Å². The minimum absolute atomic E-state index is 0.336. The minimum atomic E-state index is -0.336. The predicted octanol–water partition coefficient (Wildman–Crippen LogP) is 1.26. The van der Waals surface area contributed by atoms with Crippen molar-refractivity contribution in [3.05, 3.63) is 18.1 Å². The third-order valence-corrected chi connectivity index (χ3v) is 4.21. The Balaban J connectivity index is 1.70. The average Bonchev–Trinajstić information content (AvgIpc) is 2.99. The number of hydrogen-bond donors (Lipinski definition) is 0. The maximum absolute atomic E-state index is 11.6. The molecule has 0 saturated carbocycles. The number of hydrogen-bond acceptors (Lipinski definition) is 6. The van der Waals surface area contributed by atoms with Crippen molar-refractivity contribution in [1.29, 1.82) is 0 Å². The van der Waals surface area contributed by atoms with Gasteiger partial charge in [-0.3, -0.25) is 9.88 Å². The molecule has 1 atom stereocenters. The van der Waals surface area contributed by atoms with Crippen molar-refractivity contribution in [2.75, 3.05) is 51.4 Å². The lowest BCUT2D eigenvalue weighted by Gasteiger charge is -2.32. The van der Waals surface area contributed by atoms with E-state index in [0.29, 0.717) is 24.9 Å². The Labute approximate surface area is 130 Å². The summed E-state index contributed by atoms with van der Waals surface area (Å²) in [6, 6.07) is 0. The monoisotopic (exact) mass is 306 g/mol. The van der Waals surface area contributed by atoms with Gasteiger partial charge in [0.15, 0.2) is 5.82 Å². The molecule has 3 heterocycles. The van der Waals surface area contributed by atoms with Crippen LogP contribution in [-0.2, 0) is 9.47 Å². The van der Waals surface area contributed by atoms with Gasteiger partial charge in [0.1, 0.15) is 6.61 Å². The maximum atomic E-state index is 11.6. The summed E-state index contributed by atoms with van der Waals surface area (Å²) in [5.41, 5.74) is 0.958. The Morgan fingerprint density at radius 3 is 3.09 bits per heavy atom. The number of methoxy groups -OCH3 is 1. The number of nitrogens with zero attached hydrogens (tertiary/aromatic N) is 4. The summed E-state index contributed by atoms with van der Waals surface area (Å²) in [7, 11) is 1.73. The van der Waals surface area contributed by atoms with Gasteiger partial charge in [-0.15, -0.1) is 0 Å². The van der Waals surface area contributed by atoms with Crippen molar-refractivity contribution < 1.29 is 14.3 Å². The van der Waals surface area contributed by atoms with Crippen LogP contribution in [0.2, 0.25) is 0 Å². The summed E-state index contributed by atoms with van der Waals surface area (Å²) in [5, 5.41) is 0. The van der Waals surface area contributed by atoms with Crippen molar-refractivity contribution in [2.24, 2.45) is 0 Å². The van der Waals surface area contributed by atoms with Gasteiger partial charge in [0.05, 0.1) is 25.0 Å². The first-order chi connectivity index (χ1) is 10.8. The molecule has 0 spiro atoms. The van der Waals surface area contributed by atoms with Crippen molar-refractivity contribution >= 4 is 11.9 Å².